The number of carbonyl (C=O) groups is 2. The Hall–Kier alpha value is -1.05. The lowest BCUT2D eigenvalue weighted by atomic mass is 9.96. The lowest BCUT2D eigenvalue weighted by Crippen LogP contribution is -2.49. The molecule has 0 spiro atoms. The minimum absolute atomic E-state index is 0. The third-order valence-corrected chi connectivity index (χ3v) is 5.45. The van der Waals surface area contributed by atoms with Crippen molar-refractivity contribution in [3.05, 3.63) is 0 Å². The Morgan fingerprint density at radius 1 is 0.920 bits per heavy atom. The quantitative estimate of drug-likeness (QED) is 0.746. The third-order valence-electron chi connectivity index (χ3n) is 5.45. The number of piperazine rings is 1. The molecule has 25 heavy (non-hydrogen) atoms. The molecule has 7 nitrogen and oxygen atoms in total. The maximum absolute atomic E-state index is 12.4. The van der Waals surface area contributed by atoms with Crippen molar-refractivity contribution in [1.29, 1.82) is 0 Å². The topological polar surface area (TPSA) is 67.9 Å². The minimum Gasteiger partial charge on any atom is -0.355 e. The van der Waals surface area contributed by atoms with Gasteiger partial charge in [0.2, 0.25) is 5.91 Å². The van der Waals surface area contributed by atoms with Crippen LogP contribution in [-0.4, -0.2) is 92.1 Å². The monoisotopic (exact) mass is 373 g/mol. The summed E-state index contributed by atoms with van der Waals surface area (Å²) in [4.78, 5) is 30.9. The van der Waals surface area contributed by atoms with Crippen LogP contribution in [-0.2, 0) is 4.79 Å². The van der Waals surface area contributed by atoms with Crippen LogP contribution >= 0.6 is 12.4 Å². The standard InChI is InChI=1S/C17H31N5O2.ClH/c23-16(19-7-14-20-12-5-18-6-13-20)15-3-10-22(11-4-15)17(24)21-8-1-2-9-21;/h15,18H,1-14H2,(H,19,23);1H. The number of hydrogen-bond acceptors (Lipinski definition) is 4. The third kappa shape index (κ3) is 5.72. The van der Waals surface area contributed by atoms with Gasteiger partial charge >= 0.3 is 6.03 Å². The fourth-order valence-corrected chi connectivity index (χ4v) is 3.86. The van der Waals surface area contributed by atoms with E-state index in [9.17, 15) is 9.59 Å². The van der Waals surface area contributed by atoms with Crippen molar-refractivity contribution in [2.24, 2.45) is 5.92 Å². The lowest BCUT2D eigenvalue weighted by molar-refractivity contribution is -0.126. The molecule has 0 aromatic rings. The molecule has 144 valence electrons. The number of rotatable bonds is 4. The van der Waals surface area contributed by atoms with Crippen molar-refractivity contribution in [2.75, 3.05) is 65.4 Å². The molecule has 3 aliphatic heterocycles. The first-order valence-corrected chi connectivity index (χ1v) is 9.48. The van der Waals surface area contributed by atoms with Gasteiger partial charge in [0.25, 0.3) is 0 Å². The van der Waals surface area contributed by atoms with Crippen LogP contribution in [0.25, 0.3) is 0 Å². The Labute approximate surface area is 156 Å². The fourth-order valence-electron chi connectivity index (χ4n) is 3.86. The van der Waals surface area contributed by atoms with E-state index in [0.717, 1.165) is 78.0 Å². The average molecular weight is 374 g/mol. The molecule has 0 saturated carbocycles. The van der Waals surface area contributed by atoms with E-state index in [2.05, 4.69) is 15.5 Å². The Bertz CT molecular complexity index is 431. The van der Waals surface area contributed by atoms with E-state index in [1.807, 2.05) is 9.80 Å². The van der Waals surface area contributed by atoms with Crippen LogP contribution in [0.2, 0.25) is 0 Å². The summed E-state index contributed by atoms with van der Waals surface area (Å²) in [5.74, 6) is 0.231. The Morgan fingerprint density at radius 3 is 2.16 bits per heavy atom. The van der Waals surface area contributed by atoms with Crippen molar-refractivity contribution in [3.63, 3.8) is 0 Å². The highest BCUT2D eigenvalue weighted by atomic mass is 35.5. The molecule has 2 N–H and O–H groups in total. The van der Waals surface area contributed by atoms with Crippen LogP contribution in [0.4, 0.5) is 4.79 Å². The summed E-state index contributed by atoms with van der Waals surface area (Å²) in [6, 6.07) is 0.171. The predicted molar refractivity (Wildman–Crippen MR) is 100 cm³/mol. The zero-order valence-corrected chi connectivity index (χ0v) is 15.9. The largest absolute Gasteiger partial charge is 0.355 e. The maximum atomic E-state index is 12.4. The molecular formula is C17H32ClN5O2. The molecule has 0 aliphatic carbocycles. The van der Waals surface area contributed by atoms with Gasteiger partial charge in [0.1, 0.15) is 0 Å². The van der Waals surface area contributed by atoms with E-state index < -0.39 is 0 Å². The molecule has 3 saturated heterocycles. The molecule has 0 aromatic carbocycles. The molecular weight excluding hydrogens is 342 g/mol. The summed E-state index contributed by atoms with van der Waals surface area (Å²) in [6.45, 7) is 9.08. The Morgan fingerprint density at radius 2 is 1.52 bits per heavy atom. The van der Waals surface area contributed by atoms with Crippen LogP contribution in [0.5, 0.6) is 0 Å². The average Bonchev–Trinajstić information content (AvgIpc) is 3.17. The number of amides is 3. The van der Waals surface area contributed by atoms with E-state index in [1.54, 1.807) is 0 Å². The first-order chi connectivity index (χ1) is 11.7. The second-order valence-electron chi connectivity index (χ2n) is 7.12. The number of urea groups is 1. The number of carbonyl (C=O) groups excluding carboxylic acids is 2. The smallest absolute Gasteiger partial charge is 0.319 e. The van der Waals surface area contributed by atoms with E-state index in [0.29, 0.717) is 13.1 Å². The highest BCUT2D eigenvalue weighted by molar-refractivity contribution is 5.85. The second kappa shape index (κ2) is 10.2. The first kappa shape index (κ1) is 20.3. The molecule has 0 radical (unpaired) electrons. The molecule has 8 heteroatoms. The normalized spacial score (nSPS) is 22.6. The predicted octanol–water partition coefficient (Wildman–Crippen LogP) is 0.357. The summed E-state index contributed by atoms with van der Waals surface area (Å²) >= 11 is 0. The number of piperidine rings is 1. The van der Waals surface area contributed by atoms with E-state index >= 15 is 0 Å². The van der Waals surface area contributed by atoms with Crippen LogP contribution < -0.4 is 10.6 Å². The second-order valence-corrected chi connectivity index (χ2v) is 7.12. The summed E-state index contributed by atoms with van der Waals surface area (Å²) < 4.78 is 0. The number of nitrogens with zero attached hydrogens (tertiary/aromatic N) is 3. The molecule has 3 fully saturated rings. The summed E-state index contributed by atoms with van der Waals surface area (Å²) in [5, 5.41) is 6.42. The van der Waals surface area contributed by atoms with Gasteiger partial charge < -0.3 is 20.4 Å². The van der Waals surface area contributed by atoms with Crippen molar-refractivity contribution < 1.29 is 9.59 Å². The molecule has 3 heterocycles. The molecule has 3 amide bonds. The van der Waals surface area contributed by atoms with Crippen LogP contribution in [0, 0.1) is 5.92 Å². The number of halogens is 1. The van der Waals surface area contributed by atoms with Gasteiger partial charge in [0.05, 0.1) is 0 Å². The van der Waals surface area contributed by atoms with Crippen LogP contribution in [0.15, 0.2) is 0 Å². The van der Waals surface area contributed by atoms with Crippen LogP contribution in [0.3, 0.4) is 0 Å². The number of hydrogen-bond donors (Lipinski definition) is 2. The highest BCUT2D eigenvalue weighted by Crippen LogP contribution is 2.20. The van der Waals surface area contributed by atoms with Gasteiger partial charge in [-0.15, -0.1) is 12.4 Å². The van der Waals surface area contributed by atoms with Gasteiger partial charge in [0, 0.05) is 71.4 Å². The van der Waals surface area contributed by atoms with Gasteiger partial charge in [0.15, 0.2) is 0 Å². The summed E-state index contributed by atoms with van der Waals surface area (Å²) in [7, 11) is 0. The van der Waals surface area contributed by atoms with Crippen molar-refractivity contribution >= 4 is 24.3 Å². The summed E-state index contributed by atoms with van der Waals surface area (Å²) in [6.07, 6.45) is 3.83. The SMILES string of the molecule is Cl.O=C(NCCN1CCNCC1)C1CCN(C(=O)N2CCCC2)CC1. The lowest BCUT2D eigenvalue weighted by Gasteiger charge is -2.34. The van der Waals surface area contributed by atoms with Crippen molar-refractivity contribution in [1.82, 2.24) is 25.3 Å². The maximum Gasteiger partial charge on any atom is 0.319 e. The first-order valence-electron chi connectivity index (χ1n) is 9.48. The Kier molecular flexibility index (Phi) is 8.26. The molecule has 3 aliphatic rings. The van der Waals surface area contributed by atoms with Gasteiger partial charge in [-0.2, -0.15) is 0 Å². The van der Waals surface area contributed by atoms with Crippen molar-refractivity contribution in [3.8, 4) is 0 Å². The van der Waals surface area contributed by atoms with Gasteiger partial charge in [-0.3, -0.25) is 9.69 Å². The molecule has 0 aromatic heterocycles. The summed E-state index contributed by atoms with van der Waals surface area (Å²) in [5.41, 5.74) is 0. The zero-order valence-electron chi connectivity index (χ0n) is 15.0. The number of nitrogens with one attached hydrogen (secondary N) is 2. The van der Waals surface area contributed by atoms with Gasteiger partial charge in [-0.1, -0.05) is 0 Å². The molecule has 0 atom stereocenters. The van der Waals surface area contributed by atoms with E-state index in [1.165, 1.54) is 0 Å². The van der Waals surface area contributed by atoms with Gasteiger partial charge in [-0.25, -0.2) is 4.79 Å². The minimum atomic E-state index is 0. The van der Waals surface area contributed by atoms with Gasteiger partial charge in [-0.05, 0) is 25.7 Å². The zero-order chi connectivity index (χ0) is 16.8. The fraction of sp³-hybridized carbons (Fsp3) is 0.882. The molecule has 0 unspecified atom stereocenters. The molecule has 3 rings (SSSR count). The number of likely N-dealkylation sites (tertiary alicyclic amines) is 2. The van der Waals surface area contributed by atoms with Crippen LogP contribution in [0.1, 0.15) is 25.7 Å². The van der Waals surface area contributed by atoms with E-state index in [-0.39, 0.29) is 30.3 Å². The van der Waals surface area contributed by atoms with E-state index in [4.69, 9.17) is 0 Å². The van der Waals surface area contributed by atoms with Crippen molar-refractivity contribution in [2.45, 2.75) is 25.7 Å². The Balaban J connectivity index is 0.00000225. The molecule has 0 bridgehead atoms. The highest BCUT2D eigenvalue weighted by Gasteiger charge is 2.30.